The molecule has 0 spiro atoms. The molecule has 0 fully saturated rings. The van der Waals surface area contributed by atoms with Crippen LogP contribution in [0.2, 0.25) is 5.02 Å². The summed E-state index contributed by atoms with van der Waals surface area (Å²) in [6, 6.07) is 8.58. The van der Waals surface area contributed by atoms with Crippen LogP contribution < -0.4 is 16.6 Å². The minimum Gasteiger partial charge on any atom is -0.352 e. The zero-order chi connectivity index (χ0) is 17.0. The molecule has 122 valence electrons. The Balaban J connectivity index is 1.96. The normalized spacial score (nSPS) is 12.0. The number of halogens is 1. The number of carbonyl (C=O) groups is 1. The van der Waals surface area contributed by atoms with Gasteiger partial charge in [-0.15, -0.1) is 0 Å². The first-order valence-corrected chi connectivity index (χ1v) is 7.55. The Kier molecular flexibility index (Phi) is 5.39. The lowest BCUT2D eigenvalue weighted by Gasteiger charge is -2.15. The second-order valence-electron chi connectivity index (χ2n) is 5.42. The fourth-order valence-corrected chi connectivity index (χ4v) is 2.36. The number of hydrogen-bond acceptors (Lipinski definition) is 3. The van der Waals surface area contributed by atoms with E-state index in [0.717, 1.165) is 10.1 Å². The van der Waals surface area contributed by atoms with Gasteiger partial charge >= 0.3 is 5.69 Å². The Morgan fingerprint density at radius 2 is 1.87 bits per heavy atom. The van der Waals surface area contributed by atoms with Gasteiger partial charge in [0.15, 0.2) is 0 Å². The SMILES string of the molecule is C[C@H](Cc1ccc(Cl)cc1)NC(=O)Cn1ccc(=O)n(C)c1=O. The highest BCUT2D eigenvalue weighted by molar-refractivity contribution is 6.30. The number of benzene rings is 1. The van der Waals surface area contributed by atoms with E-state index in [1.165, 1.54) is 23.9 Å². The van der Waals surface area contributed by atoms with Gasteiger partial charge in [-0.1, -0.05) is 23.7 Å². The van der Waals surface area contributed by atoms with Crippen LogP contribution in [0.3, 0.4) is 0 Å². The number of hydrogen-bond donors (Lipinski definition) is 1. The quantitative estimate of drug-likeness (QED) is 0.884. The molecule has 1 amide bonds. The van der Waals surface area contributed by atoms with Crippen molar-refractivity contribution in [2.45, 2.75) is 25.9 Å². The number of nitrogens with one attached hydrogen (secondary N) is 1. The van der Waals surface area contributed by atoms with E-state index in [4.69, 9.17) is 11.6 Å². The molecule has 6 nitrogen and oxygen atoms in total. The average Bonchev–Trinajstić information content (AvgIpc) is 2.50. The third kappa shape index (κ3) is 4.56. The van der Waals surface area contributed by atoms with Gasteiger partial charge in [0.1, 0.15) is 6.54 Å². The van der Waals surface area contributed by atoms with Crippen molar-refractivity contribution in [2.24, 2.45) is 7.05 Å². The highest BCUT2D eigenvalue weighted by Crippen LogP contribution is 2.10. The maximum absolute atomic E-state index is 12.0. The van der Waals surface area contributed by atoms with Crippen LogP contribution in [0.15, 0.2) is 46.1 Å². The Labute approximate surface area is 138 Å². The predicted molar refractivity (Wildman–Crippen MR) is 88.7 cm³/mol. The van der Waals surface area contributed by atoms with Gasteiger partial charge in [0.05, 0.1) is 0 Å². The van der Waals surface area contributed by atoms with Crippen molar-refractivity contribution in [3.05, 3.63) is 68.0 Å². The molecule has 2 aromatic rings. The second kappa shape index (κ2) is 7.28. The highest BCUT2D eigenvalue weighted by Gasteiger charge is 2.10. The molecular formula is C16H18ClN3O3. The van der Waals surface area contributed by atoms with E-state index >= 15 is 0 Å². The van der Waals surface area contributed by atoms with Crippen LogP contribution in [0.1, 0.15) is 12.5 Å². The molecule has 23 heavy (non-hydrogen) atoms. The smallest absolute Gasteiger partial charge is 0.331 e. The predicted octanol–water partition coefficient (Wildman–Crippen LogP) is 0.948. The summed E-state index contributed by atoms with van der Waals surface area (Å²) in [7, 11) is 1.38. The van der Waals surface area contributed by atoms with Crippen molar-refractivity contribution in [1.29, 1.82) is 0 Å². The van der Waals surface area contributed by atoms with E-state index in [0.29, 0.717) is 11.4 Å². The zero-order valence-electron chi connectivity index (χ0n) is 13.0. The van der Waals surface area contributed by atoms with Crippen LogP contribution in [0.4, 0.5) is 0 Å². The molecule has 1 N–H and O–H groups in total. The van der Waals surface area contributed by atoms with E-state index < -0.39 is 11.2 Å². The Bertz CT molecular complexity index is 809. The summed E-state index contributed by atoms with van der Waals surface area (Å²) in [6.45, 7) is 1.76. The number of carbonyl (C=O) groups excluding carboxylic acids is 1. The Hall–Kier alpha value is -2.34. The van der Waals surface area contributed by atoms with Crippen LogP contribution in [-0.2, 0) is 24.8 Å². The van der Waals surface area contributed by atoms with Crippen LogP contribution in [-0.4, -0.2) is 21.1 Å². The van der Waals surface area contributed by atoms with Gasteiger partial charge in [0.25, 0.3) is 5.56 Å². The Morgan fingerprint density at radius 3 is 2.52 bits per heavy atom. The molecule has 0 aliphatic rings. The minimum atomic E-state index is -0.516. The summed E-state index contributed by atoms with van der Waals surface area (Å²) in [5, 5.41) is 3.50. The second-order valence-corrected chi connectivity index (χ2v) is 5.86. The lowest BCUT2D eigenvalue weighted by molar-refractivity contribution is -0.122. The molecule has 0 bridgehead atoms. The van der Waals surface area contributed by atoms with Crippen LogP contribution in [0.25, 0.3) is 0 Å². The standard InChI is InChI=1S/C16H18ClN3O3/c1-11(9-12-3-5-13(17)6-4-12)18-14(21)10-20-8-7-15(22)19(2)16(20)23/h3-8,11H,9-10H2,1-2H3,(H,18,21)/t11-/m1/s1. The third-order valence-electron chi connectivity index (χ3n) is 3.44. The number of nitrogens with zero attached hydrogens (tertiary/aromatic N) is 2. The topological polar surface area (TPSA) is 73.1 Å². The maximum atomic E-state index is 12.0. The van der Waals surface area contributed by atoms with E-state index in [2.05, 4.69) is 5.32 Å². The number of aromatic nitrogens is 2. The molecule has 0 aliphatic carbocycles. The van der Waals surface area contributed by atoms with Crippen molar-refractivity contribution in [1.82, 2.24) is 14.5 Å². The molecule has 0 aliphatic heterocycles. The summed E-state index contributed by atoms with van der Waals surface area (Å²) in [4.78, 5) is 35.2. The van der Waals surface area contributed by atoms with E-state index in [1.54, 1.807) is 12.1 Å². The molecule has 1 atom stereocenters. The van der Waals surface area contributed by atoms with E-state index in [-0.39, 0.29) is 18.5 Å². The Morgan fingerprint density at radius 1 is 1.22 bits per heavy atom. The monoisotopic (exact) mass is 335 g/mol. The minimum absolute atomic E-state index is 0.0908. The summed E-state index contributed by atoms with van der Waals surface area (Å²) < 4.78 is 2.16. The fourth-order valence-electron chi connectivity index (χ4n) is 2.24. The van der Waals surface area contributed by atoms with Gasteiger partial charge in [-0.05, 0) is 31.0 Å². The summed E-state index contributed by atoms with van der Waals surface area (Å²) in [5.74, 6) is -0.285. The summed E-state index contributed by atoms with van der Waals surface area (Å²) in [5.41, 5.74) is 0.141. The van der Waals surface area contributed by atoms with Crippen LogP contribution in [0.5, 0.6) is 0 Å². The number of rotatable bonds is 5. The van der Waals surface area contributed by atoms with Gasteiger partial charge < -0.3 is 5.32 Å². The first kappa shape index (κ1) is 17.0. The molecule has 1 aromatic heterocycles. The van der Waals surface area contributed by atoms with Crippen molar-refractivity contribution >= 4 is 17.5 Å². The average molecular weight is 336 g/mol. The number of amides is 1. The molecule has 0 saturated carbocycles. The molecule has 1 aromatic carbocycles. The first-order chi connectivity index (χ1) is 10.9. The van der Waals surface area contributed by atoms with Crippen LogP contribution >= 0.6 is 11.6 Å². The molecule has 0 unspecified atom stereocenters. The lowest BCUT2D eigenvalue weighted by atomic mass is 10.1. The van der Waals surface area contributed by atoms with Gasteiger partial charge in [-0.2, -0.15) is 0 Å². The van der Waals surface area contributed by atoms with Crippen molar-refractivity contribution in [2.75, 3.05) is 0 Å². The summed E-state index contributed by atoms with van der Waals surface area (Å²) >= 11 is 5.84. The van der Waals surface area contributed by atoms with Gasteiger partial charge in [-0.25, -0.2) is 4.79 Å². The molecule has 1 heterocycles. The highest BCUT2D eigenvalue weighted by atomic mass is 35.5. The van der Waals surface area contributed by atoms with Crippen molar-refractivity contribution in [3.63, 3.8) is 0 Å². The van der Waals surface area contributed by atoms with E-state index in [9.17, 15) is 14.4 Å². The van der Waals surface area contributed by atoms with Crippen molar-refractivity contribution < 1.29 is 4.79 Å². The van der Waals surface area contributed by atoms with Crippen LogP contribution in [0, 0.1) is 0 Å². The molecule has 2 rings (SSSR count). The maximum Gasteiger partial charge on any atom is 0.331 e. The fraction of sp³-hybridized carbons (Fsp3) is 0.312. The molecule has 0 saturated heterocycles. The third-order valence-corrected chi connectivity index (χ3v) is 3.69. The van der Waals surface area contributed by atoms with Gasteiger partial charge in [0.2, 0.25) is 5.91 Å². The van der Waals surface area contributed by atoms with Gasteiger partial charge in [0, 0.05) is 30.4 Å². The van der Waals surface area contributed by atoms with Gasteiger partial charge in [-0.3, -0.25) is 18.7 Å². The van der Waals surface area contributed by atoms with E-state index in [1.807, 2.05) is 19.1 Å². The summed E-state index contributed by atoms with van der Waals surface area (Å²) in [6.07, 6.45) is 1.99. The largest absolute Gasteiger partial charge is 0.352 e. The lowest BCUT2D eigenvalue weighted by Crippen LogP contribution is -2.42. The molecule has 0 radical (unpaired) electrons. The molecule has 7 heteroatoms. The zero-order valence-corrected chi connectivity index (χ0v) is 13.7. The van der Waals surface area contributed by atoms with Crippen molar-refractivity contribution in [3.8, 4) is 0 Å². The molecular weight excluding hydrogens is 318 g/mol. The first-order valence-electron chi connectivity index (χ1n) is 7.17.